The summed E-state index contributed by atoms with van der Waals surface area (Å²) in [7, 11) is 0. The number of rotatable bonds is 2. The van der Waals surface area contributed by atoms with Gasteiger partial charge >= 0.3 is 57.4 Å². The van der Waals surface area contributed by atoms with Gasteiger partial charge in [-0.05, 0) is 0 Å². The standard InChI is InChI=1S/C6H6N2O2.K.H/c9-6(10)3-5-4-7-1-2-8-5;;/h1-2,4H,3H2,(H,9,10);;/q;+1;-1. The molecule has 0 fully saturated rings. The monoisotopic (exact) mass is 178 g/mol. The van der Waals surface area contributed by atoms with E-state index in [1.54, 1.807) is 0 Å². The van der Waals surface area contributed by atoms with E-state index in [-0.39, 0.29) is 59.2 Å². The molecule has 0 saturated heterocycles. The molecule has 0 aromatic carbocycles. The van der Waals surface area contributed by atoms with E-state index in [0.717, 1.165) is 0 Å². The molecule has 0 atom stereocenters. The maximum atomic E-state index is 10.1. The third kappa shape index (κ3) is 4.60. The topological polar surface area (TPSA) is 63.1 Å². The molecule has 0 radical (unpaired) electrons. The molecule has 0 saturated carbocycles. The van der Waals surface area contributed by atoms with Crippen molar-refractivity contribution in [2.24, 2.45) is 0 Å². The zero-order valence-corrected chi connectivity index (χ0v) is 9.31. The summed E-state index contributed by atoms with van der Waals surface area (Å²) in [5, 5.41) is 8.30. The zero-order valence-electron chi connectivity index (χ0n) is 7.19. The van der Waals surface area contributed by atoms with Crippen molar-refractivity contribution in [3.63, 3.8) is 0 Å². The number of hydrogen-bond donors (Lipinski definition) is 1. The first-order valence-corrected chi connectivity index (χ1v) is 2.76. The quantitative estimate of drug-likeness (QED) is 0.498. The minimum Gasteiger partial charge on any atom is -1.00 e. The van der Waals surface area contributed by atoms with Crippen LogP contribution in [0.15, 0.2) is 18.6 Å². The van der Waals surface area contributed by atoms with E-state index in [1.807, 2.05) is 0 Å². The van der Waals surface area contributed by atoms with Crippen LogP contribution in [0.5, 0.6) is 0 Å². The first-order chi connectivity index (χ1) is 4.79. The molecule has 0 aliphatic rings. The van der Waals surface area contributed by atoms with Gasteiger partial charge < -0.3 is 6.53 Å². The molecule has 0 aliphatic carbocycles. The predicted octanol–water partition coefficient (Wildman–Crippen LogP) is -2.78. The Balaban J connectivity index is 0. The van der Waals surface area contributed by atoms with E-state index in [4.69, 9.17) is 5.11 Å². The number of aromatic nitrogens is 2. The summed E-state index contributed by atoms with van der Waals surface area (Å²) in [5.41, 5.74) is 0.481. The number of hydrogen-bond acceptors (Lipinski definition) is 3. The van der Waals surface area contributed by atoms with E-state index < -0.39 is 5.97 Å². The van der Waals surface area contributed by atoms with Crippen molar-refractivity contribution in [2.75, 3.05) is 0 Å². The molecular formula is C6H7KN2O2. The SMILES string of the molecule is O=C(O)Cc1cnccn1.[H-].[K+]. The summed E-state index contributed by atoms with van der Waals surface area (Å²) in [6, 6.07) is 0. The van der Waals surface area contributed by atoms with Crippen molar-refractivity contribution in [1.29, 1.82) is 0 Å². The fourth-order valence-corrected chi connectivity index (χ4v) is 0.576. The average Bonchev–Trinajstić information content (AvgIpc) is 1.88. The normalized spacial score (nSPS) is 8.36. The maximum absolute atomic E-state index is 10.1. The smallest absolute Gasteiger partial charge is 1.00 e. The van der Waals surface area contributed by atoms with Crippen LogP contribution in [0.4, 0.5) is 0 Å². The number of carboxylic acid groups (broad SMARTS) is 1. The maximum Gasteiger partial charge on any atom is 1.00 e. The molecule has 4 nitrogen and oxygen atoms in total. The third-order valence-corrected chi connectivity index (χ3v) is 0.949. The second-order valence-electron chi connectivity index (χ2n) is 1.77. The van der Waals surface area contributed by atoms with Crippen LogP contribution in [-0.2, 0) is 11.2 Å². The van der Waals surface area contributed by atoms with Crippen LogP contribution in [0.3, 0.4) is 0 Å². The molecule has 11 heavy (non-hydrogen) atoms. The van der Waals surface area contributed by atoms with Gasteiger partial charge in [0.05, 0.1) is 12.1 Å². The van der Waals surface area contributed by atoms with Crippen molar-refractivity contribution in [3.05, 3.63) is 24.3 Å². The number of nitrogens with zero attached hydrogens (tertiary/aromatic N) is 2. The number of carboxylic acids is 1. The third-order valence-electron chi connectivity index (χ3n) is 0.949. The fourth-order valence-electron chi connectivity index (χ4n) is 0.576. The first kappa shape index (κ1) is 11.2. The van der Waals surface area contributed by atoms with Crippen molar-refractivity contribution >= 4 is 5.97 Å². The molecule has 1 aromatic rings. The summed E-state index contributed by atoms with van der Waals surface area (Å²) >= 11 is 0. The molecule has 54 valence electrons. The Kier molecular flexibility index (Phi) is 5.89. The van der Waals surface area contributed by atoms with Crippen LogP contribution in [-0.4, -0.2) is 21.0 Å². The Bertz CT molecular complexity index is 232. The van der Waals surface area contributed by atoms with Gasteiger partial charge in [0.25, 0.3) is 0 Å². The number of carbonyl (C=O) groups is 1. The van der Waals surface area contributed by atoms with Crippen molar-refractivity contribution in [2.45, 2.75) is 6.42 Å². The molecule has 1 N–H and O–H groups in total. The molecule has 0 amide bonds. The van der Waals surface area contributed by atoms with Gasteiger partial charge in [-0.15, -0.1) is 0 Å². The molecule has 1 rings (SSSR count). The molecular weight excluding hydrogens is 171 g/mol. The fraction of sp³-hybridized carbons (Fsp3) is 0.167. The Morgan fingerprint density at radius 3 is 2.82 bits per heavy atom. The van der Waals surface area contributed by atoms with Crippen LogP contribution in [0.1, 0.15) is 7.12 Å². The predicted molar refractivity (Wildman–Crippen MR) is 34.5 cm³/mol. The van der Waals surface area contributed by atoms with E-state index in [2.05, 4.69) is 9.97 Å². The van der Waals surface area contributed by atoms with Gasteiger partial charge in [-0.1, -0.05) is 0 Å². The summed E-state index contributed by atoms with van der Waals surface area (Å²) in [6.45, 7) is 0. The van der Waals surface area contributed by atoms with Crippen LogP contribution < -0.4 is 51.4 Å². The Morgan fingerprint density at radius 1 is 1.64 bits per heavy atom. The van der Waals surface area contributed by atoms with E-state index in [1.165, 1.54) is 18.6 Å². The van der Waals surface area contributed by atoms with Gasteiger partial charge in [-0.25, -0.2) is 0 Å². The van der Waals surface area contributed by atoms with Crippen LogP contribution in [0.25, 0.3) is 0 Å². The second-order valence-corrected chi connectivity index (χ2v) is 1.77. The molecule has 0 bridgehead atoms. The Morgan fingerprint density at radius 2 is 2.36 bits per heavy atom. The van der Waals surface area contributed by atoms with Gasteiger partial charge in [0.15, 0.2) is 0 Å². The molecule has 5 heteroatoms. The number of aliphatic carboxylic acids is 1. The van der Waals surface area contributed by atoms with Crippen LogP contribution in [0, 0.1) is 0 Å². The van der Waals surface area contributed by atoms with Gasteiger partial charge in [-0.2, -0.15) is 0 Å². The van der Waals surface area contributed by atoms with E-state index in [9.17, 15) is 4.79 Å². The van der Waals surface area contributed by atoms with E-state index in [0.29, 0.717) is 5.69 Å². The van der Waals surface area contributed by atoms with Crippen LogP contribution >= 0.6 is 0 Å². The van der Waals surface area contributed by atoms with Crippen molar-refractivity contribution in [3.8, 4) is 0 Å². The first-order valence-electron chi connectivity index (χ1n) is 2.76. The zero-order chi connectivity index (χ0) is 7.40. The van der Waals surface area contributed by atoms with Gasteiger partial charge in [-0.3, -0.25) is 14.8 Å². The Labute approximate surface area is 108 Å². The minimum absolute atomic E-state index is 0. The van der Waals surface area contributed by atoms with Gasteiger partial charge in [0.1, 0.15) is 0 Å². The molecule has 1 heterocycles. The minimum atomic E-state index is -0.888. The molecule has 0 aliphatic heterocycles. The summed E-state index contributed by atoms with van der Waals surface area (Å²) in [4.78, 5) is 17.6. The summed E-state index contributed by atoms with van der Waals surface area (Å²) in [6.07, 6.45) is 4.35. The Hall–Kier alpha value is 0.186. The van der Waals surface area contributed by atoms with E-state index >= 15 is 0 Å². The van der Waals surface area contributed by atoms with Gasteiger partial charge in [0.2, 0.25) is 0 Å². The molecule has 0 spiro atoms. The average molecular weight is 178 g/mol. The van der Waals surface area contributed by atoms with Crippen molar-refractivity contribution in [1.82, 2.24) is 9.97 Å². The summed E-state index contributed by atoms with van der Waals surface area (Å²) < 4.78 is 0. The second kappa shape index (κ2) is 5.79. The van der Waals surface area contributed by atoms with Crippen molar-refractivity contribution < 1.29 is 62.7 Å². The van der Waals surface area contributed by atoms with Crippen LogP contribution in [0.2, 0.25) is 0 Å². The van der Waals surface area contributed by atoms with Gasteiger partial charge in [0, 0.05) is 18.6 Å². The summed E-state index contributed by atoms with van der Waals surface area (Å²) in [5.74, 6) is -0.888. The largest absolute Gasteiger partial charge is 1.00 e. The molecule has 0 unspecified atom stereocenters. The molecule has 1 aromatic heterocycles.